The van der Waals surface area contributed by atoms with E-state index in [4.69, 9.17) is 0 Å². The third-order valence-electron chi connectivity index (χ3n) is 4.96. The molecule has 7 nitrogen and oxygen atoms in total. The topological polar surface area (TPSA) is 69.6 Å². The van der Waals surface area contributed by atoms with Crippen molar-refractivity contribution in [2.24, 2.45) is 0 Å². The Morgan fingerprint density at radius 1 is 1.08 bits per heavy atom. The number of anilines is 2. The fourth-order valence-electron chi connectivity index (χ4n) is 3.57. The van der Waals surface area contributed by atoms with Gasteiger partial charge in [-0.15, -0.1) is 0 Å². The van der Waals surface area contributed by atoms with Crippen LogP contribution in [0.15, 0.2) is 30.3 Å². The molecule has 3 heterocycles. The number of carbonyl (C=O) groups excluding carboxylic acids is 2. The molecular formula is C19H21N5O2. The van der Waals surface area contributed by atoms with Crippen LogP contribution in [0.2, 0.25) is 0 Å². The lowest BCUT2D eigenvalue weighted by molar-refractivity contribution is -0.118. The highest BCUT2D eigenvalue weighted by molar-refractivity contribution is 6.06. The maximum atomic E-state index is 13.1. The predicted molar refractivity (Wildman–Crippen MR) is 98.4 cm³/mol. The molecule has 1 fully saturated rings. The van der Waals surface area contributed by atoms with Gasteiger partial charge in [0, 0.05) is 44.5 Å². The molecule has 0 bridgehead atoms. The van der Waals surface area contributed by atoms with E-state index in [1.165, 1.54) is 5.56 Å². The molecular weight excluding hydrogens is 330 g/mol. The standard InChI is InChI=1S/C19H21N5O2/c1-14-20-16(12-18(21-14)23-10-8-22(13-25)9-11-23)19(26)24-7-6-15-4-2-3-5-17(15)24/h2-5,12-13H,6-11H2,1H3. The molecule has 2 aliphatic heterocycles. The Morgan fingerprint density at radius 2 is 1.85 bits per heavy atom. The van der Waals surface area contributed by atoms with Crippen molar-refractivity contribution in [3.63, 3.8) is 0 Å². The number of aryl methyl sites for hydroxylation is 1. The predicted octanol–water partition coefficient (Wildman–Crippen LogP) is 1.27. The molecule has 2 aromatic rings. The number of nitrogens with zero attached hydrogens (tertiary/aromatic N) is 5. The Labute approximate surface area is 152 Å². The second-order valence-corrected chi connectivity index (χ2v) is 6.62. The molecule has 1 saturated heterocycles. The van der Waals surface area contributed by atoms with Crippen LogP contribution in [0.1, 0.15) is 21.9 Å². The van der Waals surface area contributed by atoms with Crippen molar-refractivity contribution < 1.29 is 9.59 Å². The zero-order chi connectivity index (χ0) is 18.1. The highest BCUT2D eigenvalue weighted by atomic mass is 16.2. The van der Waals surface area contributed by atoms with E-state index in [0.717, 1.165) is 24.3 Å². The molecule has 2 amide bonds. The van der Waals surface area contributed by atoms with E-state index in [2.05, 4.69) is 20.9 Å². The summed E-state index contributed by atoms with van der Waals surface area (Å²) in [5.74, 6) is 1.24. The van der Waals surface area contributed by atoms with Gasteiger partial charge in [-0.25, -0.2) is 9.97 Å². The van der Waals surface area contributed by atoms with Gasteiger partial charge in [-0.2, -0.15) is 0 Å². The van der Waals surface area contributed by atoms with Crippen LogP contribution >= 0.6 is 0 Å². The lowest BCUT2D eigenvalue weighted by Gasteiger charge is -2.33. The van der Waals surface area contributed by atoms with Gasteiger partial charge in [0.05, 0.1) is 0 Å². The first-order valence-corrected chi connectivity index (χ1v) is 8.85. The number of fused-ring (bicyclic) bond motifs is 1. The summed E-state index contributed by atoms with van der Waals surface area (Å²) in [5.41, 5.74) is 2.58. The van der Waals surface area contributed by atoms with Gasteiger partial charge >= 0.3 is 0 Å². The van der Waals surface area contributed by atoms with Crippen molar-refractivity contribution in [3.05, 3.63) is 47.4 Å². The number of benzene rings is 1. The third-order valence-corrected chi connectivity index (χ3v) is 4.96. The molecule has 2 aliphatic rings. The minimum absolute atomic E-state index is 0.0896. The average molecular weight is 351 g/mol. The highest BCUT2D eigenvalue weighted by Crippen LogP contribution is 2.29. The number of amides is 2. The summed E-state index contributed by atoms with van der Waals surface area (Å²) in [6, 6.07) is 9.76. The number of aromatic nitrogens is 2. The number of hydrogen-bond donors (Lipinski definition) is 0. The Kier molecular flexibility index (Phi) is 4.28. The molecule has 0 N–H and O–H groups in total. The van der Waals surface area contributed by atoms with Gasteiger partial charge in [-0.05, 0) is 25.0 Å². The van der Waals surface area contributed by atoms with Gasteiger partial charge in [0.15, 0.2) is 0 Å². The van der Waals surface area contributed by atoms with E-state index in [-0.39, 0.29) is 5.91 Å². The normalized spacial score (nSPS) is 16.6. The Balaban J connectivity index is 1.59. The molecule has 0 unspecified atom stereocenters. The number of carbonyl (C=O) groups is 2. The molecule has 4 rings (SSSR count). The molecule has 1 aromatic heterocycles. The van der Waals surface area contributed by atoms with Crippen LogP contribution < -0.4 is 9.80 Å². The third kappa shape index (κ3) is 3.00. The zero-order valence-electron chi connectivity index (χ0n) is 14.8. The minimum Gasteiger partial charge on any atom is -0.353 e. The van der Waals surface area contributed by atoms with Gasteiger partial charge in [-0.1, -0.05) is 18.2 Å². The maximum absolute atomic E-state index is 13.1. The van der Waals surface area contributed by atoms with Gasteiger partial charge in [0.1, 0.15) is 17.3 Å². The van der Waals surface area contributed by atoms with Crippen LogP contribution in [0.3, 0.4) is 0 Å². The van der Waals surface area contributed by atoms with Gasteiger partial charge in [0.25, 0.3) is 5.91 Å². The van der Waals surface area contributed by atoms with E-state index in [1.54, 1.807) is 22.8 Å². The van der Waals surface area contributed by atoms with Crippen LogP contribution in [0, 0.1) is 6.92 Å². The Morgan fingerprint density at radius 3 is 2.62 bits per heavy atom. The van der Waals surface area contributed by atoms with Crippen LogP contribution in [0.4, 0.5) is 11.5 Å². The van der Waals surface area contributed by atoms with Gasteiger partial charge in [0.2, 0.25) is 6.41 Å². The molecule has 0 radical (unpaired) electrons. The molecule has 0 atom stereocenters. The van der Waals surface area contributed by atoms with Crippen LogP contribution in [-0.2, 0) is 11.2 Å². The number of rotatable bonds is 3. The molecule has 0 aliphatic carbocycles. The van der Waals surface area contributed by atoms with Crippen molar-refractivity contribution in [3.8, 4) is 0 Å². The van der Waals surface area contributed by atoms with Gasteiger partial charge in [-0.3, -0.25) is 9.59 Å². The van der Waals surface area contributed by atoms with Crippen LogP contribution in [-0.4, -0.2) is 59.9 Å². The first kappa shape index (κ1) is 16.5. The van der Waals surface area contributed by atoms with Crippen molar-refractivity contribution in [2.45, 2.75) is 13.3 Å². The van der Waals surface area contributed by atoms with Crippen molar-refractivity contribution in [1.29, 1.82) is 0 Å². The van der Waals surface area contributed by atoms with E-state index < -0.39 is 0 Å². The molecule has 7 heteroatoms. The maximum Gasteiger partial charge on any atom is 0.277 e. The largest absolute Gasteiger partial charge is 0.353 e. The summed E-state index contributed by atoms with van der Waals surface area (Å²) < 4.78 is 0. The first-order chi connectivity index (χ1) is 12.7. The van der Waals surface area contributed by atoms with Crippen LogP contribution in [0.25, 0.3) is 0 Å². The number of hydrogen-bond acceptors (Lipinski definition) is 5. The SMILES string of the molecule is Cc1nc(C(=O)N2CCc3ccccc32)cc(N2CCN(C=O)CC2)n1. The number of para-hydroxylation sites is 1. The molecule has 0 spiro atoms. The summed E-state index contributed by atoms with van der Waals surface area (Å²) in [6.07, 6.45) is 1.74. The number of piperazine rings is 1. The Bertz CT molecular complexity index is 846. The highest BCUT2D eigenvalue weighted by Gasteiger charge is 2.27. The second kappa shape index (κ2) is 6.74. The summed E-state index contributed by atoms with van der Waals surface area (Å²) in [6.45, 7) is 5.21. The van der Waals surface area contributed by atoms with E-state index in [9.17, 15) is 9.59 Å². The lowest BCUT2D eigenvalue weighted by atomic mass is 10.2. The van der Waals surface area contributed by atoms with E-state index in [1.807, 2.05) is 18.2 Å². The Hall–Kier alpha value is -2.96. The smallest absolute Gasteiger partial charge is 0.277 e. The average Bonchev–Trinajstić information content (AvgIpc) is 3.11. The molecule has 134 valence electrons. The molecule has 1 aromatic carbocycles. The fourth-order valence-corrected chi connectivity index (χ4v) is 3.57. The first-order valence-electron chi connectivity index (χ1n) is 8.85. The summed E-state index contributed by atoms with van der Waals surface area (Å²) in [7, 11) is 0. The van der Waals surface area contributed by atoms with E-state index in [0.29, 0.717) is 44.2 Å². The van der Waals surface area contributed by atoms with Crippen molar-refractivity contribution in [2.75, 3.05) is 42.5 Å². The quantitative estimate of drug-likeness (QED) is 0.779. The van der Waals surface area contributed by atoms with Gasteiger partial charge < -0.3 is 14.7 Å². The lowest BCUT2D eigenvalue weighted by Crippen LogP contribution is -2.46. The molecule has 0 saturated carbocycles. The summed E-state index contributed by atoms with van der Waals surface area (Å²) in [5, 5.41) is 0. The molecule has 26 heavy (non-hydrogen) atoms. The zero-order valence-corrected chi connectivity index (χ0v) is 14.8. The second-order valence-electron chi connectivity index (χ2n) is 6.62. The summed E-state index contributed by atoms with van der Waals surface area (Å²) >= 11 is 0. The fraction of sp³-hybridized carbons (Fsp3) is 0.368. The van der Waals surface area contributed by atoms with E-state index >= 15 is 0 Å². The minimum atomic E-state index is -0.0896. The monoisotopic (exact) mass is 351 g/mol. The van der Waals surface area contributed by atoms with Crippen molar-refractivity contribution in [1.82, 2.24) is 14.9 Å². The summed E-state index contributed by atoms with van der Waals surface area (Å²) in [4.78, 5) is 38.5. The van der Waals surface area contributed by atoms with Crippen LogP contribution in [0.5, 0.6) is 0 Å². The van der Waals surface area contributed by atoms with Crippen molar-refractivity contribution >= 4 is 23.8 Å².